The number of hydrogen-bond acceptors (Lipinski definition) is 0. The number of fused-ring (bicyclic) bond motifs is 1. The van der Waals surface area contributed by atoms with Crippen molar-refractivity contribution in [1.29, 1.82) is 0 Å². The van der Waals surface area contributed by atoms with Crippen LogP contribution < -0.4 is 0 Å². The minimum absolute atomic E-state index is 0.0882. The molecule has 0 unspecified atom stereocenters. The maximum Gasteiger partial charge on any atom is 0.432 e. The Labute approximate surface area is 98.8 Å². The maximum atomic E-state index is 12.7. The number of nitrogens with one attached hydrogen (secondary N) is 1. The highest BCUT2D eigenvalue weighted by molar-refractivity contribution is 9.10. The third-order valence-electron chi connectivity index (χ3n) is 2.52. The summed E-state index contributed by atoms with van der Waals surface area (Å²) in [6.07, 6.45) is -3.66. The minimum Gasteiger partial charge on any atom is -0.350 e. The SMILES string of the molecule is CCc1cccc2c(Br)c(C(F)(F)F)[nH]c12. The summed E-state index contributed by atoms with van der Waals surface area (Å²) in [5.41, 5.74) is 0.723. The van der Waals surface area contributed by atoms with E-state index in [1.165, 1.54) is 0 Å². The number of hydrogen-bond donors (Lipinski definition) is 1. The summed E-state index contributed by atoms with van der Waals surface area (Å²) in [7, 11) is 0. The highest BCUT2D eigenvalue weighted by atomic mass is 79.9. The standard InChI is InChI=1S/C11H9BrF3N/c1-2-6-4-3-5-7-8(12)10(11(13,14)15)16-9(6)7/h3-5,16H,2H2,1H3. The first-order chi connectivity index (χ1) is 7.45. The predicted octanol–water partition coefficient (Wildman–Crippen LogP) is 4.51. The quantitative estimate of drug-likeness (QED) is 0.796. The topological polar surface area (TPSA) is 15.8 Å². The Morgan fingerprint density at radius 1 is 1.31 bits per heavy atom. The van der Waals surface area contributed by atoms with Crippen molar-refractivity contribution in [1.82, 2.24) is 4.98 Å². The average Bonchev–Trinajstić information content (AvgIpc) is 2.56. The second-order valence-electron chi connectivity index (χ2n) is 3.50. The molecule has 0 atom stereocenters. The van der Waals surface area contributed by atoms with Crippen LogP contribution in [0.25, 0.3) is 10.9 Å². The van der Waals surface area contributed by atoms with E-state index in [-0.39, 0.29) is 4.47 Å². The highest BCUT2D eigenvalue weighted by Gasteiger charge is 2.36. The van der Waals surface area contributed by atoms with Gasteiger partial charge >= 0.3 is 6.18 Å². The first-order valence-corrected chi connectivity index (χ1v) is 5.60. The van der Waals surface area contributed by atoms with E-state index in [0.717, 1.165) is 5.56 Å². The molecule has 1 aromatic carbocycles. The lowest BCUT2D eigenvalue weighted by molar-refractivity contribution is -0.141. The Hall–Kier alpha value is -0.970. The van der Waals surface area contributed by atoms with Crippen LogP contribution in [0, 0.1) is 0 Å². The van der Waals surface area contributed by atoms with Gasteiger partial charge in [-0.05, 0) is 27.9 Å². The Balaban J connectivity index is 2.77. The van der Waals surface area contributed by atoms with Gasteiger partial charge in [0.1, 0.15) is 5.69 Å². The van der Waals surface area contributed by atoms with Crippen LogP contribution in [-0.4, -0.2) is 4.98 Å². The Morgan fingerprint density at radius 2 is 2.00 bits per heavy atom. The molecule has 0 aliphatic heterocycles. The van der Waals surface area contributed by atoms with Crippen molar-refractivity contribution in [2.45, 2.75) is 19.5 Å². The molecule has 0 spiro atoms. The van der Waals surface area contributed by atoms with Crippen molar-refractivity contribution < 1.29 is 13.2 Å². The minimum atomic E-state index is -4.36. The molecule has 0 saturated heterocycles. The van der Waals surface area contributed by atoms with Crippen LogP contribution in [0.5, 0.6) is 0 Å². The number of para-hydroxylation sites is 1. The zero-order valence-corrected chi connectivity index (χ0v) is 10.0. The lowest BCUT2D eigenvalue weighted by Gasteiger charge is -2.03. The van der Waals surface area contributed by atoms with Crippen molar-refractivity contribution in [3.05, 3.63) is 33.9 Å². The molecule has 1 heterocycles. The van der Waals surface area contributed by atoms with E-state index in [0.29, 0.717) is 17.3 Å². The molecule has 1 N–H and O–H groups in total. The van der Waals surface area contributed by atoms with E-state index in [1.807, 2.05) is 13.0 Å². The zero-order chi connectivity index (χ0) is 11.9. The second kappa shape index (κ2) is 3.80. The fourth-order valence-corrected chi connectivity index (χ4v) is 2.39. The van der Waals surface area contributed by atoms with Gasteiger partial charge in [0, 0.05) is 5.39 Å². The van der Waals surface area contributed by atoms with Crippen molar-refractivity contribution >= 4 is 26.8 Å². The van der Waals surface area contributed by atoms with Crippen molar-refractivity contribution in [2.75, 3.05) is 0 Å². The van der Waals surface area contributed by atoms with E-state index >= 15 is 0 Å². The number of aromatic amines is 1. The number of halogens is 4. The number of H-pyrrole nitrogens is 1. The van der Waals surface area contributed by atoms with Gasteiger partial charge in [0.2, 0.25) is 0 Å². The van der Waals surface area contributed by atoms with Gasteiger partial charge in [0.05, 0.1) is 9.99 Å². The second-order valence-corrected chi connectivity index (χ2v) is 4.30. The normalized spacial score (nSPS) is 12.3. The highest BCUT2D eigenvalue weighted by Crippen LogP contribution is 2.39. The molecule has 0 saturated carbocycles. The molecule has 86 valence electrons. The lowest BCUT2D eigenvalue weighted by atomic mass is 10.1. The van der Waals surface area contributed by atoms with E-state index < -0.39 is 11.9 Å². The summed E-state index contributed by atoms with van der Waals surface area (Å²) < 4.78 is 38.1. The number of benzene rings is 1. The van der Waals surface area contributed by atoms with Gasteiger partial charge in [-0.15, -0.1) is 0 Å². The van der Waals surface area contributed by atoms with Gasteiger partial charge in [0.25, 0.3) is 0 Å². The van der Waals surface area contributed by atoms with Crippen LogP contribution in [0.1, 0.15) is 18.2 Å². The summed E-state index contributed by atoms with van der Waals surface area (Å²) in [6.45, 7) is 1.91. The number of aryl methyl sites for hydroxylation is 1. The van der Waals surface area contributed by atoms with Gasteiger partial charge in [-0.25, -0.2) is 0 Å². The molecule has 5 heteroatoms. The number of aromatic nitrogens is 1. The van der Waals surface area contributed by atoms with Crippen LogP contribution in [0.2, 0.25) is 0 Å². The van der Waals surface area contributed by atoms with E-state index in [1.54, 1.807) is 12.1 Å². The summed E-state index contributed by atoms with van der Waals surface area (Å²) in [6, 6.07) is 5.26. The molecule has 0 fully saturated rings. The molecule has 2 rings (SSSR count). The van der Waals surface area contributed by atoms with Crippen LogP contribution in [0.15, 0.2) is 22.7 Å². The molecule has 0 aliphatic rings. The summed E-state index contributed by atoms with van der Waals surface area (Å²) in [5.74, 6) is 0. The van der Waals surface area contributed by atoms with Gasteiger partial charge in [-0.3, -0.25) is 0 Å². The molecule has 0 amide bonds. The fourth-order valence-electron chi connectivity index (χ4n) is 1.74. The van der Waals surface area contributed by atoms with E-state index in [4.69, 9.17) is 0 Å². The van der Waals surface area contributed by atoms with Crippen molar-refractivity contribution in [2.24, 2.45) is 0 Å². The molecule has 1 nitrogen and oxygen atoms in total. The molecule has 16 heavy (non-hydrogen) atoms. The van der Waals surface area contributed by atoms with Crippen LogP contribution >= 0.6 is 15.9 Å². The smallest absolute Gasteiger partial charge is 0.350 e. The van der Waals surface area contributed by atoms with Gasteiger partial charge in [0.15, 0.2) is 0 Å². The van der Waals surface area contributed by atoms with Crippen molar-refractivity contribution in [3.8, 4) is 0 Å². The first kappa shape index (κ1) is 11.5. The monoisotopic (exact) mass is 291 g/mol. The molecule has 1 aromatic heterocycles. The van der Waals surface area contributed by atoms with Crippen LogP contribution in [0.4, 0.5) is 13.2 Å². The van der Waals surface area contributed by atoms with Gasteiger partial charge in [-0.2, -0.15) is 13.2 Å². The lowest BCUT2D eigenvalue weighted by Crippen LogP contribution is -2.05. The van der Waals surface area contributed by atoms with Gasteiger partial charge in [-0.1, -0.05) is 25.1 Å². The summed E-state index contributed by atoms with van der Waals surface area (Å²) in [4.78, 5) is 2.45. The average molecular weight is 292 g/mol. The van der Waals surface area contributed by atoms with Crippen LogP contribution in [-0.2, 0) is 12.6 Å². The third-order valence-corrected chi connectivity index (χ3v) is 3.34. The third kappa shape index (κ3) is 1.73. The molecule has 0 radical (unpaired) electrons. The van der Waals surface area contributed by atoms with Gasteiger partial charge < -0.3 is 4.98 Å². The molecule has 0 bridgehead atoms. The van der Waals surface area contributed by atoms with Crippen LogP contribution in [0.3, 0.4) is 0 Å². The Bertz CT molecular complexity index is 528. The predicted molar refractivity (Wildman–Crippen MR) is 60.4 cm³/mol. The fraction of sp³-hybridized carbons (Fsp3) is 0.273. The Morgan fingerprint density at radius 3 is 2.56 bits per heavy atom. The number of rotatable bonds is 1. The maximum absolute atomic E-state index is 12.7. The zero-order valence-electron chi connectivity index (χ0n) is 8.45. The Kier molecular flexibility index (Phi) is 2.74. The number of alkyl halides is 3. The molecule has 0 aliphatic carbocycles. The van der Waals surface area contributed by atoms with Crippen molar-refractivity contribution in [3.63, 3.8) is 0 Å². The summed E-state index contributed by atoms with van der Waals surface area (Å²) >= 11 is 3.00. The molecular weight excluding hydrogens is 283 g/mol. The van der Waals surface area contributed by atoms with E-state index in [2.05, 4.69) is 20.9 Å². The van der Waals surface area contributed by atoms with E-state index in [9.17, 15) is 13.2 Å². The summed E-state index contributed by atoms with van der Waals surface area (Å²) in [5, 5.41) is 0.576. The molecule has 2 aromatic rings. The first-order valence-electron chi connectivity index (χ1n) is 4.81. The molecular formula is C11H9BrF3N. The largest absolute Gasteiger partial charge is 0.432 e.